The number of carbonyl (C=O) groups excluding carboxylic acids is 1. The van der Waals surface area contributed by atoms with Gasteiger partial charge in [0.2, 0.25) is 5.82 Å². The zero-order valence-electron chi connectivity index (χ0n) is 23.8. The number of hydrogen-bond donors (Lipinski definition) is 2. The van der Waals surface area contributed by atoms with Crippen molar-refractivity contribution >= 4 is 16.9 Å². The molecule has 0 bridgehead atoms. The van der Waals surface area contributed by atoms with Crippen LogP contribution < -0.4 is 5.73 Å². The van der Waals surface area contributed by atoms with Crippen molar-refractivity contribution in [2.45, 2.75) is 61.8 Å². The lowest BCUT2D eigenvalue weighted by molar-refractivity contribution is -0.145. The summed E-state index contributed by atoms with van der Waals surface area (Å²) in [6.07, 6.45) is 5.75. The van der Waals surface area contributed by atoms with Crippen molar-refractivity contribution in [3.05, 3.63) is 54.3 Å². The zero-order chi connectivity index (χ0) is 30.7. The number of amides is 1. The summed E-state index contributed by atoms with van der Waals surface area (Å²) in [6.45, 7) is 1.81. The average molecular weight is 606 g/mol. The third-order valence-electron chi connectivity index (χ3n) is 9.41. The number of alkyl halides is 3. The predicted octanol–water partition coefficient (Wildman–Crippen LogP) is 3.20. The summed E-state index contributed by atoms with van der Waals surface area (Å²) in [7, 11) is 0. The van der Waals surface area contributed by atoms with Crippen LogP contribution in [-0.2, 0) is 17.3 Å². The molecule has 4 aromatic rings. The molecule has 5 heterocycles. The Balaban J connectivity index is 1.02. The van der Waals surface area contributed by atoms with E-state index in [-0.39, 0.29) is 17.4 Å². The summed E-state index contributed by atoms with van der Waals surface area (Å²) in [5.41, 5.74) is 6.97. The second kappa shape index (κ2) is 10.3. The molecule has 0 aromatic carbocycles. The highest BCUT2D eigenvalue weighted by Crippen LogP contribution is 2.45. The van der Waals surface area contributed by atoms with Crippen molar-refractivity contribution in [2.75, 3.05) is 26.2 Å². The van der Waals surface area contributed by atoms with Crippen molar-refractivity contribution < 1.29 is 18.0 Å². The molecule has 0 spiro atoms. The van der Waals surface area contributed by atoms with Crippen LogP contribution in [0.4, 0.5) is 13.2 Å². The van der Waals surface area contributed by atoms with Crippen molar-refractivity contribution in [1.82, 2.24) is 44.5 Å². The highest BCUT2D eigenvalue weighted by atomic mass is 19.4. The Bertz CT molecular complexity index is 1760. The molecular weight excluding hydrogens is 575 g/mol. The number of halogens is 3. The molecule has 7 rings (SSSR count). The first-order chi connectivity index (χ1) is 21.1. The van der Waals surface area contributed by atoms with Crippen LogP contribution in [0.15, 0.2) is 37.1 Å². The maximum atomic E-state index is 13.6. The van der Waals surface area contributed by atoms with Crippen LogP contribution in [0.1, 0.15) is 60.5 Å². The predicted molar refractivity (Wildman–Crippen MR) is 151 cm³/mol. The van der Waals surface area contributed by atoms with Crippen LogP contribution in [0.2, 0.25) is 0 Å². The summed E-state index contributed by atoms with van der Waals surface area (Å²) in [4.78, 5) is 36.2. The molecule has 3 fully saturated rings. The second-order valence-corrected chi connectivity index (χ2v) is 12.1. The molecule has 0 radical (unpaired) electrons. The van der Waals surface area contributed by atoms with Gasteiger partial charge in [-0.3, -0.25) is 14.4 Å². The molecule has 2 aliphatic carbocycles. The van der Waals surface area contributed by atoms with E-state index in [1.165, 1.54) is 17.3 Å². The van der Waals surface area contributed by atoms with Gasteiger partial charge in [0, 0.05) is 55.6 Å². The fraction of sp³-hybridized carbons (Fsp3) is 0.483. The molecular formula is C29H30F3N11O. The number of nitrogens with zero attached hydrogens (tertiary/aromatic N) is 9. The maximum absolute atomic E-state index is 13.6. The molecule has 12 nitrogen and oxygen atoms in total. The normalized spacial score (nSPS) is 23.6. The number of nitriles is 1. The van der Waals surface area contributed by atoms with Gasteiger partial charge in [0.15, 0.2) is 0 Å². The van der Waals surface area contributed by atoms with Crippen LogP contribution in [-0.4, -0.2) is 82.6 Å². The van der Waals surface area contributed by atoms with Gasteiger partial charge >= 0.3 is 6.18 Å². The number of nitrogens with two attached hydrogens (primary N) is 1. The third-order valence-corrected chi connectivity index (χ3v) is 9.41. The summed E-state index contributed by atoms with van der Waals surface area (Å²) in [5, 5.41) is 15.2. The van der Waals surface area contributed by atoms with Gasteiger partial charge < -0.3 is 15.6 Å². The van der Waals surface area contributed by atoms with Crippen molar-refractivity contribution in [3.63, 3.8) is 0 Å². The van der Waals surface area contributed by atoms with Gasteiger partial charge in [-0.2, -0.15) is 23.5 Å². The lowest BCUT2D eigenvalue weighted by Crippen LogP contribution is -2.60. The van der Waals surface area contributed by atoms with E-state index >= 15 is 0 Å². The van der Waals surface area contributed by atoms with Gasteiger partial charge in [-0.25, -0.2) is 19.9 Å². The number of H-pyrrole nitrogens is 1. The molecule has 2 saturated carbocycles. The van der Waals surface area contributed by atoms with E-state index < -0.39 is 29.0 Å². The van der Waals surface area contributed by atoms with Crippen molar-refractivity contribution in [2.24, 2.45) is 5.73 Å². The number of aromatic amines is 1. The number of hydrogen-bond acceptors (Lipinski definition) is 9. The first-order valence-electron chi connectivity index (χ1n) is 14.6. The highest BCUT2D eigenvalue weighted by molar-refractivity contribution is 5.92. The van der Waals surface area contributed by atoms with Crippen LogP contribution in [0, 0.1) is 11.3 Å². The van der Waals surface area contributed by atoms with Crippen LogP contribution in [0.5, 0.6) is 0 Å². The van der Waals surface area contributed by atoms with E-state index in [1.54, 1.807) is 6.20 Å². The van der Waals surface area contributed by atoms with Gasteiger partial charge in [-0.1, -0.05) is 0 Å². The van der Waals surface area contributed by atoms with E-state index in [2.05, 4.69) is 41.0 Å². The molecule has 44 heavy (non-hydrogen) atoms. The Labute approximate surface area is 250 Å². The first-order valence-corrected chi connectivity index (χ1v) is 14.6. The molecule has 0 atom stereocenters. The number of fused-ring (bicyclic) bond motifs is 1. The van der Waals surface area contributed by atoms with Gasteiger partial charge in [0.05, 0.1) is 41.2 Å². The fourth-order valence-corrected chi connectivity index (χ4v) is 6.65. The summed E-state index contributed by atoms with van der Waals surface area (Å²) in [5.74, 6) is -1.89. The van der Waals surface area contributed by atoms with Crippen molar-refractivity contribution in [1.29, 1.82) is 5.26 Å². The van der Waals surface area contributed by atoms with E-state index in [0.717, 1.165) is 28.7 Å². The van der Waals surface area contributed by atoms with E-state index in [4.69, 9.17) is 5.73 Å². The molecule has 1 amide bonds. The Morgan fingerprint density at radius 2 is 1.93 bits per heavy atom. The quantitative estimate of drug-likeness (QED) is 0.337. The monoisotopic (exact) mass is 605 g/mol. The Morgan fingerprint density at radius 3 is 2.61 bits per heavy atom. The Hall–Kier alpha value is -4.42. The number of aromatic nitrogens is 7. The Morgan fingerprint density at radius 1 is 1.16 bits per heavy atom. The summed E-state index contributed by atoms with van der Waals surface area (Å²) < 4.78 is 42.7. The second-order valence-electron chi connectivity index (χ2n) is 12.1. The van der Waals surface area contributed by atoms with Gasteiger partial charge in [0.25, 0.3) is 5.91 Å². The molecule has 228 valence electrons. The van der Waals surface area contributed by atoms with E-state index in [9.17, 15) is 23.2 Å². The topological polar surface area (TPSA) is 159 Å². The molecule has 0 unspecified atom stereocenters. The molecule has 15 heteroatoms. The number of rotatable bonds is 6. The summed E-state index contributed by atoms with van der Waals surface area (Å²) >= 11 is 0. The third kappa shape index (κ3) is 4.78. The minimum absolute atomic E-state index is 0.0652. The van der Waals surface area contributed by atoms with Gasteiger partial charge in [-0.05, 0) is 44.2 Å². The minimum Gasteiger partial charge on any atom is -0.346 e. The molecule has 3 N–H and O–H groups in total. The molecule has 1 aliphatic heterocycles. The SMILES string of the molecule is N#CC[C@]1(n2cc(-c3ncnc4[nH]ccc34)cn2)C[C@@H](N2CCN(C(=O)c3cc(C4(N)CCC4)nc(C(F)(F)F)n3)CC2)C1. The zero-order valence-corrected chi connectivity index (χ0v) is 23.8. The van der Waals surface area contributed by atoms with Crippen molar-refractivity contribution in [3.8, 4) is 17.3 Å². The minimum atomic E-state index is -4.79. The van der Waals surface area contributed by atoms with Crippen LogP contribution in [0.25, 0.3) is 22.3 Å². The number of piperazine rings is 1. The standard InChI is InChI=1S/C29H30F3N11O/c30-29(31,32)26-39-21(12-22(40-26)28(34)3-1-4-28)25(44)42-10-8-41(9-11-42)19-13-27(14-19,5-6-33)43-16-18(15-38-43)23-20-2-7-35-24(20)37-17-36-23/h2,7,12,15-17,19H,1,3-5,8-11,13-14,34H2,(H,35,36,37)/t19-,27+. The Kier molecular flexibility index (Phi) is 6.67. The largest absolute Gasteiger partial charge is 0.451 e. The van der Waals surface area contributed by atoms with Gasteiger partial charge in [-0.15, -0.1) is 0 Å². The maximum Gasteiger partial charge on any atom is 0.451 e. The lowest BCUT2D eigenvalue weighted by atomic mass is 9.70. The summed E-state index contributed by atoms with van der Waals surface area (Å²) in [6, 6.07) is 5.75. The number of nitrogens with one attached hydrogen (secondary N) is 1. The lowest BCUT2D eigenvalue weighted by Gasteiger charge is -2.52. The fourth-order valence-electron chi connectivity index (χ4n) is 6.65. The van der Waals surface area contributed by atoms with Gasteiger partial charge in [0.1, 0.15) is 17.7 Å². The molecule has 3 aliphatic rings. The van der Waals surface area contributed by atoms with E-state index in [1.807, 2.05) is 23.1 Å². The van der Waals surface area contributed by atoms with E-state index in [0.29, 0.717) is 58.3 Å². The van der Waals surface area contributed by atoms with Crippen LogP contribution in [0.3, 0.4) is 0 Å². The number of carbonyl (C=O) groups is 1. The smallest absolute Gasteiger partial charge is 0.346 e. The average Bonchev–Trinajstić information content (AvgIpc) is 3.67. The van der Waals surface area contributed by atoms with Crippen LogP contribution >= 0.6 is 0 Å². The highest BCUT2D eigenvalue weighted by Gasteiger charge is 2.49. The molecule has 4 aromatic heterocycles. The molecule has 1 saturated heterocycles. The first kappa shape index (κ1) is 28.4.